The van der Waals surface area contributed by atoms with Gasteiger partial charge in [-0.15, -0.1) is 0 Å². The lowest BCUT2D eigenvalue weighted by Crippen LogP contribution is -2.21. The van der Waals surface area contributed by atoms with Crippen molar-refractivity contribution in [3.05, 3.63) is 76.3 Å². The molecule has 3 aromatic heterocycles. The number of pyridine rings is 2. The Balaban J connectivity index is 1.99. The lowest BCUT2D eigenvalue weighted by molar-refractivity contribution is 0.398. The molecule has 0 spiro atoms. The third-order valence-electron chi connectivity index (χ3n) is 5.52. The quantitative estimate of drug-likeness (QED) is 0.337. The van der Waals surface area contributed by atoms with E-state index in [1.807, 2.05) is 32.3 Å². The van der Waals surface area contributed by atoms with Gasteiger partial charge in [-0.1, -0.05) is 24.2 Å². The van der Waals surface area contributed by atoms with Crippen LogP contribution in [0.2, 0.25) is 5.15 Å². The van der Waals surface area contributed by atoms with Crippen molar-refractivity contribution < 1.29 is 4.74 Å². The molecule has 34 heavy (non-hydrogen) atoms. The van der Waals surface area contributed by atoms with E-state index in [1.165, 1.54) is 22.4 Å². The van der Waals surface area contributed by atoms with Gasteiger partial charge in [0.15, 0.2) is 5.15 Å². The summed E-state index contributed by atoms with van der Waals surface area (Å²) in [7, 11) is 6.91. The lowest BCUT2D eigenvalue weighted by Gasteiger charge is -2.11. The summed E-state index contributed by atoms with van der Waals surface area (Å²) >= 11 is 6.45. The number of hydrogen-bond donors (Lipinski definition) is 1. The Labute approximate surface area is 201 Å². The number of hydrogen-bond acceptors (Lipinski definition) is 7. The van der Waals surface area contributed by atoms with Gasteiger partial charge in [0.2, 0.25) is 5.88 Å². The summed E-state index contributed by atoms with van der Waals surface area (Å²) in [5, 5.41) is 0.894. The minimum atomic E-state index is -0.276. The first-order valence-electron chi connectivity index (χ1n) is 10.3. The van der Waals surface area contributed by atoms with E-state index in [9.17, 15) is 4.79 Å². The number of aromatic nitrogens is 4. The number of nitrogens with two attached hydrogens (primary N) is 1. The molecule has 4 rings (SSSR count). The zero-order chi connectivity index (χ0) is 24.6. The molecule has 0 unspecified atom stereocenters. The molecule has 0 radical (unpaired) electrons. The van der Waals surface area contributed by atoms with E-state index in [0.717, 1.165) is 10.9 Å². The first-order chi connectivity index (χ1) is 16.3. The van der Waals surface area contributed by atoms with Crippen molar-refractivity contribution in [1.29, 1.82) is 0 Å². The Morgan fingerprint density at radius 2 is 2.06 bits per heavy atom. The number of nitrogens with zero attached hydrogens (tertiary/aromatic N) is 6. The minimum Gasteiger partial charge on any atom is -0.481 e. The summed E-state index contributed by atoms with van der Waals surface area (Å²) < 4.78 is 8.21. The van der Waals surface area contributed by atoms with Crippen molar-refractivity contribution in [1.82, 2.24) is 24.0 Å². The van der Waals surface area contributed by atoms with Gasteiger partial charge in [0, 0.05) is 50.6 Å². The number of methoxy groups -OCH3 is 1. The normalized spacial score (nSPS) is 12.1. The van der Waals surface area contributed by atoms with Gasteiger partial charge in [0.05, 0.1) is 35.5 Å². The second kappa shape index (κ2) is 9.03. The minimum absolute atomic E-state index is 0.145. The molecule has 0 atom stereocenters. The number of ether oxygens (including phenoxy) is 1. The Bertz CT molecular complexity index is 1550. The van der Waals surface area contributed by atoms with E-state index < -0.39 is 0 Å². The van der Waals surface area contributed by atoms with Gasteiger partial charge in [-0.25, -0.2) is 9.79 Å². The molecule has 0 saturated carbocycles. The van der Waals surface area contributed by atoms with Crippen molar-refractivity contribution in [2.24, 2.45) is 17.8 Å². The predicted octanol–water partition coefficient (Wildman–Crippen LogP) is 3.34. The topological polar surface area (TPSA) is 104 Å². The van der Waals surface area contributed by atoms with Crippen molar-refractivity contribution >= 4 is 45.3 Å². The van der Waals surface area contributed by atoms with Crippen LogP contribution >= 0.6 is 11.6 Å². The van der Waals surface area contributed by atoms with Crippen LogP contribution in [0.5, 0.6) is 5.88 Å². The first-order valence-corrected chi connectivity index (χ1v) is 10.7. The summed E-state index contributed by atoms with van der Waals surface area (Å²) in [6, 6.07) is 9.06. The summed E-state index contributed by atoms with van der Waals surface area (Å²) in [4.78, 5) is 28.2. The highest BCUT2D eigenvalue weighted by molar-refractivity contribution is 6.31. The maximum Gasteiger partial charge on any atom is 0.333 e. The average Bonchev–Trinajstić information content (AvgIpc) is 3.09. The number of aryl methyl sites for hydroxylation is 1. The van der Waals surface area contributed by atoms with E-state index in [2.05, 4.69) is 21.5 Å². The smallest absolute Gasteiger partial charge is 0.333 e. The average molecular weight is 478 g/mol. The number of allylic oxidation sites excluding steroid dienone is 1. The fourth-order valence-corrected chi connectivity index (χ4v) is 3.80. The molecule has 4 aromatic rings. The van der Waals surface area contributed by atoms with Crippen LogP contribution in [0, 0.1) is 0 Å². The molecule has 0 amide bonds. The van der Waals surface area contributed by atoms with Gasteiger partial charge in [0.1, 0.15) is 5.82 Å². The van der Waals surface area contributed by atoms with Crippen LogP contribution in [0.3, 0.4) is 0 Å². The number of aliphatic imine (C=N–C) groups is 1. The third-order valence-corrected chi connectivity index (χ3v) is 5.80. The van der Waals surface area contributed by atoms with Crippen LogP contribution in [-0.4, -0.2) is 51.4 Å². The summed E-state index contributed by atoms with van der Waals surface area (Å²) in [5.74, 6) is 0.940. The van der Waals surface area contributed by atoms with E-state index in [-0.39, 0.29) is 10.8 Å². The molecule has 0 aliphatic rings. The molecule has 0 saturated heterocycles. The van der Waals surface area contributed by atoms with Crippen LogP contribution in [0.1, 0.15) is 5.56 Å². The molecule has 1 aromatic carbocycles. The van der Waals surface area contributed by atoms with Crippen LogP contribution in [0.15, 0.2) is 64.9 Å². The van der Waals surface area contributed by atoms with Gasteiger partial charge in [-0.2, -0.15) is 4.98 Å². The molecule has 0 aliphatic heterocycles. The van der Waals surface area contributed by atoms with Crippen LogP contribution in [0.4, 0.5) is 0 Å². The molecule has 10 heteroatoms. The standard InChI is InChI=1S/C24H24ClN7O2/c1-14(30(2)3)27-12-16(11-26)15-6-7-18-17(10-15)22-20(13-28-18)31(4)24(33)32(22)19-8-9-21(34-5)29-23(19)25/h6-13H,1,26H2,2-5H3/b16-11+,27-12?. The van der Waals surface area contributed by atoms with Crippen molar-refractivity contribution in [3.63, 3.8) is 0 Å². The predicted molar refractivity (Wildman–Crippen MR) is 137 cm³/mol. The van der Waals surface area contributed by atoms with E-state index in [1.54, 1.807) is 36.5 Å². The zero-order valence-electron chi connectivity index (χ0n) is 19.3. The Hall–Kier alpha value is -4.11. The van der Waals surface area contributed by atoms with Gasteiger partial charge in [-0.05, 0) is 23.8 Å². The summed E-state index contributed by atoms with van der Waals surface area (Å²) in [6.07, 6.45) is 4.80. The largest absolute Gasteiger partial charge is 0.481 e. The molecule has 174 valence electrons. The Morgan fingerprint density at radius 1 is 1.29 bits per heavy atom. The van der Waals surface area contributed by atoms with Crippen LogP contribution in [0.25, 0.3) is 33.2 Å². The van der Waals surface area contributed by atoms with Crippen LogP contribution in [-0.2, 0) is 7.05 Å². The Kier molecular flexibility index (Phi) is 6.12. The van der Waals surface area contributed by atoms with Crippen molar-refractivity contribution in [2.75, 3.05) is 21.2 Å². The van der Waals surface area contributed by atoms with Gasteiger partial charge >= 0.3 is 5.69 Å². The number of halogens is 1. The zero-order valence-corrected chi connectivity index (χ0v) is 20.0. The van der Waals surface area contributed by atoms with Gasteiger partial charge < -0.3 is 15.4 Å². The summed E-state index contributed by atoms with van der Waals surface area (Å²) in [5.41, 5.74) is 9.58. The maximum atomic E-state index is 13.3. The second-order valence-corrected chi connectivity index (χ2v) is 8.11. The molecular weight excluding hydrogens is 454 g/mol. The van der Waals surface area contributed by atoms with E-state index >= 15 is 0 Å². The number of rotatable bonds is 6. The second-order valence-electron chi connectivity index (χ2n) is 7.76. The molecule has 0 fully saturated rings. The molecule has 9 nitrogen and oxygen atoms in total. The highest BCUT2D eigenvalue weighted by Gasteiger charge is 2.19. The number of benzene rings is 1. The molecule has 0 aliphatic carbocycles. The van der Waals surface area contributed by atoms with Gasteiger partial charge in [-0.3, -0.25) is 14.1 Å². The lowest BCUT2D eigenvalue weighted by atomic mass is 10.0. The van der Waals surface area contributed by atoms with Crippen molar-refractivity contribution in [3.8, 4) is 11.6 Å². The molecule has 2 N–H and O–H groups in total. The van der Waals surface area contributed by atoms with Gasteiger partial charge in [0.25, 0.3) is 0 Å². The SMILES string of the molecule is C=C(N=C/C(=C\N)c1ccc2ncc3c(c2c1)n(-c1ccc(OC)nc1Cl)c(=O)n3C)N(C)C. The maximum absolute atomic E-state index is 13.3. The first kappa shape index (κ1) is 23.1. The number of fused-ring (bicyclic) bond motifs is 3. The van der Waals surface area contributed by atoms with Crippen molar-refractivity contribution in [2.45, 2.75) is 0 Å². The molecule has 3 heterocycles. The molecular formula is C24H24ClN7O2. The highest BCUT2D eigenvalue weighted by atomic mass is 35.5. The molecule has 0 bridgehead atoms. The summed E-state index contributed by atoms with van der Waals surface area (Å²) in [6.45, 7) is 3.90. The Morgan fingerprint density at radius 3 is 2.71 bits per heavy atom. The monoisotopic (exact) mass is 477 g/mol. The number of imidazole rings is 1. The van der Waals surface area contributed by atoms with E-state index in [0.29, 0.717) is 39.5 Å². The fourth-order valence-electron chi connectivity index (χ4n) is 3.56. The fraction of sp³-hybridized carbons (Fsp3) is 0.167. The highest BCUT2D eigenvalue weighted by Crippen LogP contribution is 2.30. The van der Waals surface area contributed by atoms with Crippen LogP contribution < -0.4 is 16.2 Å². The third kappa shape index (κ3) is 3.90. The van der Waals surface area contributed by atoms with E-state index in [4.69, 9.17) is 22.1 Å².